The summed E-state index contributed by atoms with van der Waals surface area (Å²) in [4.78, 5) is 16.3. The van der Waals surface area contributed by atoms with E-state index in [1.807, 2.05) is 6.07 Å². The van der Waals surface area contributed by atoms with Crippen LogP contribution < -0.4 is 14.8 Å². The molecule has 7 nitrogen and oxygen atoms in total. The number of hydrogen-bond donors (Lipinski definition) is 1. The van der Waals surface area contributed by atoms with Crippen LogP contribution in [0.3, 0.4) is 0 Å². The van der Waals surface area contributed by atoms with E-state index in [2.05, 4.69) is 15.5 Å². The number of benzene rings is 2. The Balaban J connectivity index is 1.43. The van der Waals surface area contributed by atoms with Gasteiger partial charge in [0, 0.05) is 16.1 Å². The summed E-state index contributed by atoms with van der Waals surface area (Å²) in [7, 11) is 0. The molecule has 0 fully saturated rings. The molecule has 8 heteroatoms. The van der Waals surface area contributed by atoms with Crippen molar-refractivity contribution in [3.05, 3.63) is 58.9 Å². The number of nitrogens with one attached hydrogen (secondary N) is 1. The molecule has 0 atom stereocenters. The lowest BCUT2D eigenvalue weighted by atomic mass is 10.2. The van der Waals surface area contributed by atoms with Gasteiger partial charge in [0.15, 0.2) is 11.5 Å². The van der Waals surface area contributed by atoms with Crippen LogP contribution in [0.15, 0.2) is 47.0 Å². The van der Waals surface area contributed by atoms with E-state index in [1.54, 1.807) is 36.4 Å². The number of rotatable bonds is 4. The van der Waals surface area contributed by atoms with Crippen molar-refractivity contribution in [1.29, 1.82) is 0 Å². The molecule has 0 bridgehead atoms. The molecule has 2 aromatic carbocycles. The van der Waals surface area contributed by atoms with Crippen LogP contribution in [0.2, 0.25) is 5.02 Å². The van der Waals surface area contributed by atoms with Gasteiger partial charge in [0.05, 0.1) is 6.54 Å². The number of nitrogens with zero attached hydrogens (tertiary/aromatic N) is 2. The fraction of sp³-hybridized carbons (Fsp3) is 0.118. The maximum atomic E-state index is 12.1. The first-order chi connectivity index (χ1) is 12.2. The van der Waals surface area contributed by atoms with E-state index in [-0.39, 0.29) is 19.2 Å². The van der Waals surface area contributed by atoms with Crippen LogP contribution in [0.5, 0.6) is 11.5 Å². The molecule has 1 aliphatic heterocycles. The molecule has 4 rings (SSSR count). The van der Waals surface area contributed by atoms with Gasteiger partial charge in [-0.25, -0.2) is 0 Å². The third-order valence-corrected chi connectivity index (χ3v) is 3.86. The Morgan fingerprint density at radius 1 is 1.12 bits per heavy atom. The number of aromatic nitrogens is 2. The van der Waals surface area contributed by atoms with Gasteiger partial charge in [-0.3, -0.25) is 4.79 Å². The van der Waals surface area contributed by atoms with Crippen LogP contribution in [-0.2, 0) is 6.54 Å². The largest absolute Gasteiger partial charge is 0.454 e. The van der Waals surface area contributed by atoms with Gasteiger partial charge in [0.25, 0.3) is 5.91 Å². The maximum absolute atomic E-state index is 12.1. The number of halogens is 1. The SMILES string of the molecule is O=C(NCc1nc(-c2ccc3c(c2)OCO3)no1)c1ccc(Cl)cc1. The third-order valence-electron chi connectivity index (χ3n) is 3.61. The van der Waals surface area contributed by atoms with Gasteiger partial charge in [0.2, 0.25) is 18.5 Å². The lowest BCUT2D eigenvalue weighted by Crippen LogP contribution is -2.22. The molecule has 2 heterocycles. The molecule has 0 saturated heterocycles. The average Bonchev–Trinajstić information content (AvgIpc) is 3.28. The van der Waals surface area contributed by atoms with Gasteiger partial charge in [-0.2, -0.15) is 4.98 Å². The minimum atomic E-state index is -0.250. The standard InChI is InChI=1S/C17H12ClN3O4/c18-12-4-1-10(2-5-12)17(22)19-8-15-20-16(21-25-15)11-3-6-13-14(7-11)24-9-23-13/h1-7H,8-9H2,(H,19,22). The van der Waals surface area contributed by atoms with Crippen molar-refractivity contribution >= 4 is 17.5 Å². The Kier molecular flexibility index (Phi) is 3.99. The molecule has 126 valence electrons. The molecule has 3 aromatic rings. The lowest BCUT2D eigenvalue weighted by Gasteiger charge is -2.02. The van der Waals surface area contributed by atoms with Crippen LogP contribution in [0.1, 0.15) is 16.2 Å². The second kappa shape index (κ2) is 6.45. The molecule has 1 aliphatic rings. The highest BCUT2D eigenvalue weighted by molar-refractivity contribution is 6.30. The van der Waals surface area contributed by atoms with Gasteiger partial charge in [-0.05, 0) is 42.5 Å². The summed E-state index contributed by atoms with van der Waals surface area (Å²) >= 11 is 5.80. The third kappa shape index (κ3) is 3.27. The zero-order valence-electron chi connectivity index (χ0n) is 12.9. The van der Waals surface area contributed by atoms with Crippen molar-refractivity contribution in [2.24, 2.45) is 0 Å². The zero-order valence-corrected chi connectivity index (χ0v) is 13.6. The molecule has 0 unspecified atom stereocenters. The number of fused-ring (bicyclic) bond motifs is 1. The Labute approximate surface area is 147 Å². The Morgan fingerprint density at radius 2 is 1.92 bits per heavy atom. The number of carbonyl (C=O) groups is 1. The van der Waals surface area contributed by atoms with Crippen LogP contribution in [0.25, 0.3) is 11.4 Å². The molecule has 25 heavy (non-hydrogen) atoms. The van der Waals surface area contributed by atoms with Crippen molar-refractivity contribution in [3.63, 3.8) is 0 Å². The van der Waals surface area contributed by atoms with Crippen LogP contribution >= 0.6 is 11.6 Å². The Hall–Kier alpha value is -3.06. The van der Waals surface area contributed by atoms with Gasteiger partial charge >= 0.3 is 0 Å². The Morgan fingerprint density at radius 3 is 2.76 bits per heavy atom. The molecular weight excluding hydrogens is 346 g/mol. The van der Waals surface area contributed by atoms with Crippen molar-refractivity contribution in [2.75, 3.05) is 6.79 Å². The van der Waals surface area contributed by atoms with Crippen LogP contribution in [0.4, 0.5) is 0 Å². The quantitative estimate of drug-likeness (QED) is 0.772. The summed E-state index contributed by atoms with van der Waals surface area (Å²) in [5.41, 5.74) is 1.24. The molecule has 0 aliphatic carbocycles. The lowest BCUT2D eigenvalue weighted by molar-refractivity contribution is 0.0946. The van der Waals surface area contributed by atoms with Crippen molar-refractivity contribution in [3.8, 4) is 22.9 Å². The number of ether oxygens (including phenoxy) is 2. The summed E-state index contributed by atoms with van der Waals surface area (Å²) in [6.45, 7) is 0.325. The molecule has 0 saturated carbocycles. The summed E-state index contributed by atoms with van der Waals surface area (Å²) in [6, 6.07) is 12.0. The van der Waals surface area contributed by atoms with E-state index in [0.717, 1.165) is 5.56 Å². The number of carbonyl (C=O) groups excluding carboxylic acids is 1. The minimum Gasteiger partial charge on any atom is -0.454 e. The summed E-state index contributed by atoms with van der Waals surface area (Å²) in [6.07, 6.45) is 0. The van der Waals surface area contributed by atoms with Gasteiger partial charge in [0.1, 0.15) is 0 Å². The fourth-order valence-corrected chi connectivity index (χ4v) is 2.46. The van der Waals surface area contributed by atoms with Crippen LogP contribution in [0, 0.1) is 0 Å². The number of amides is 1. The van der Waals surface area contributed by atoms with E-state index >= 15 is 0 Å². The first-order valence-corrected chi connectivity index (χ1v) is 7.83. The van der Waals surface area contributed by atoms with E-state index in [4.69, 9.17) is 25.6 Å². The van der Waals surface area contributed by atoms with Gasteiger partial charge in [-0.1, -0.05) is 16.8 Å². The fourth-order valence-electron chi connectivity index (χ4n) is 2.34. The molecule has 0 spiro atoms. The second-order valence-electron chi connectivity index (χ2n) is 5.27. The van der Waals surface area contributed by atoms with Crippen molar-refractivity contribution < 1.29 is 18.8 Å². The molecular formula is C17H12ClN3O4. The normalized spacial score (nSPS) is 12.2. The van der Waals surface area contributed by atoms with Crippen molar-refractivity contribution in [2.45, 2.75) is 6.54 Å². The Bertz CT molecular complexity index is 924. The first-order valence-electron chi connectivity index (χ1n) is 7.45. The zero-order chi connectivity index (χ0) is 17.2. The monoisotopic (exact) mass is 357 g/mol. The number of hydrogen-bond acceptors (Lipinski definition) is 6. The molecule has 1 N–H and O–H groups in total. The van der Waals surface area contributed by atoms with Crippen molar-refractivity contribution in [1.82, 2.24) is 15.5 Å². The van der Waals surface area contributed by atoms with E-state index in [0.29, 0.717) is 33.8 Å². The predicted molar refractivity (Wildman–Crippen MR) is 88.5 cm³/mol. The van der Waals surface area contributed by atoms with E-state index in [1.165, 1.54) is 0 Å². The minimum absolute atomic E-state index is 0.124. The highest BCUT2D eigenvalue weighted by atomic mass is 35.5. The predicted octanol–water partition coefficient (Wildman–Crippen LogP) is 3.05. The smallest absolute Gasteiger partial charge is 0.251 e. The van der Waals surface area contributed by atoms with Gasteiger partial charge in [-0.15, -0.1) is 0 Å². The molecule has 1 amide bonds. The second-order valence-corrected chi connectivity index (χ2v) is 5.71. The van der Waals surface area contributed by atoms with E-state index < -0.39 is 0 Å². The highest BCUT2D eigenvalue weighted by Crippen LogP contribution is 2.35. The first kappa shape index (κ1) is 15.5. The summed E-state index contributed by atoms with van der Waals surface area (Å²) in [5, 5.41) is 7.21. The highest BCUT2D eigenvalue weighted by Gasteiger charge is 2.17. The summed E-state index contributed by atoms with van der Waals surface area (Å²) < 4.78 is 15.8. The maximum Gasteiger partial charge on any atom is 0.251 e. The molecule has 0 radical (unpaired) electrons. The topological polar surface area (TPSA) is 86.5 Å². The van der Waals surface area contributed by atoms with E-state index in [9.17, 15) is 4.79 Å². The molecule has 1 aromatic heterocycles. The average molecular weight is 358 g/mol. The van der Waals surface area contributed by atoms with Gasteiger partial charge < -0.3 is 19.3 Å². The summed E-state index contributed by atoms with van der Waals surface area (Å²) in [5.74, 6) is 1.78. The van der Waals surface area contributed by atoms with Crippen LogP contribution in [-0.4, -0.2) is 22.8 Å².